The van der Waals surface area contributed by atoms with Crippen molar-refractivity contribution in [2.24, 2.45) is 0 Å². The van der Waals surface area contributed by atoms with Crippen molar-refractivity contribution in [3.05, 3.63) is 77.9 Å². The summed E-state index contributed by atoms with van der Waals surface area (Å²) in [4.78, 5) is 10.6. The molecular formula is C20H24N2OS. The highest BCUT2D eigenvalue weighted by molar-refractivity contribution is 7.97. The number of nitrogens with one attached hydrogen (secondary N) is 1. The minimum atomic E-state index is 0.395. The van der Waals surface area contributed by atoms with Crippen molar-refractivity contribution in [3.8, 4) is 0 Å². The van der Waals surface area contributed by atoms with Crippen LogP contribution < -0.4 is 5.32 Å². The molecule has 0 radical (unpaired) electrons. The van der Waals surface area contributed by atoms with Crippen LogP contribution in [0, 0.1) is 0 Å². The molecule has 0 aliphatic carbocycles. The van der Waals surface area contributed by atoms with Crippen molar-refractivity contribution in [1.82, 2.24) is 9.62 Å². The minimum Gasteiger partial charge on any atom is -0.359 e. The van der Waals surface area contributed by atoms with Gasteiger partial charge in [-0.15, -0.1) is 0 Å². The summed E-state index contributed by atoms with van der Waals surface area (Å²) >= 11 is 1.84. The Morgan fingerprint density at radius 3 is 2.29 bits per heavy atom. The monoisotopic (exact) mass is 340 g/mol. The van der Waals surface area contributed by atoms with Gasteiger partial charge in [-0.25, -0.2) is 4.31 Å². The van der Waals surface area contributed by atoms with Gasteiger partial charge in [-0.05, 0) is 43.5 Å². The van der Waals surface area contributed by atoms with Crippen LogP contribution in [-0.2, 0) is 4.79 Å². The van der Waals surface area contributed by atoms with Gasteiger partial charge in [0.15, 0.2) is 0 Å². The molecule has 0 saturated heterocycles. The first-order valence-corrected chi connectivity index (χ1v) is 8.92. The summed E-state index contributed by atoms with van der Waals surface area (Å²) in [6.45, 7) is 5.83. The average molecular weight is 340 g/mol. The summed E-state index contributed by atoms with van der Waals surface area (Å²) in [6.07, 6.45) is 3.01. The Kier molecular flexibility index (Phi) is 7.59. The molecule has 0 saturated carbocycles. The predicted octanol–water partition coefficient (Wildman–Crippen LogP) is 4.45. The summed E-state index contributed by atoms with van der Waals surface area (Å²) in [5.74, 6) is 0. The fourth-order valence-electron chi connectivity index (χ4n) is 2.53. The molecule has 3 nitrogen and oxygen atoms in total. The molecule has 1 heterocycles. The standard InChI is InChI=1S/C17H17NS.C3H7NO/c1-14-12-13-18(19-16-10-6-3-7-11-16)17(14)15-8-4-2-5-9-15;1-2-4-3-5/h2-12,17H,13H2,1H3;3H,2H2,1H3,(H,4,5). The van der Waals surface area contributed by atoms with Gasteiger partial charge < -0.3 is 5.32 Å². The van der Waals surface area contributed by atoms with E-state index in [1.54, 1.807) is 0 Å². The second-order valence-corrected chi connectivity index (χ2v) is 6.56. The van der Waals surface area contributed by atoms with Gasteiger partial charge in [0.05, 0.1) is 6.04 Å². The van der Waals surface area contributed by atoms with Crippen LogP contribution in [0.2, 0.25) is 0 Å². The zero-order valence-corrected chi connectivity index (χ0v) is 15.0. The summed E-state index contributed by atoms with van der Waals surface area (Å²) in [7, 11) is 0. The Morgan fingerprint density at radius 1 is 1.12 bits per heavy atom. The Morgan fingerprint density at radius 2 is 1.75 bits per heavy atom. The van der Waals surface area contributed by atoms with Crippen molar-refractivity contribution in [2.75, 3.05) is 13.1 Å². The second-order valence-electron chi connectivity index (χ2n) is 5.44. The summed E-state index contributed by atoms with van der Waals surface area (Å²) in [5.41, 5.74) is 2.81. The van der Waals surface area contributed by atoms with Crippen molar-refractivity contribution in [2.45, 2.75) is 24.8 Å². The first-order valence-electron chi connectivity index (χ1n) is 8.14. The zero-order valence-electron chi connectivity index (χ0n) is 14.2. The number of hydrogen-bond donors (Lipinski definition) is 1. The molecule has 1 atom stereocenters. The number of amides is 1. The smallest absolute Gasteiger partial charge is 0.207 e. The molecule has 0 aromatic heterocycles. The lowest BCUT2D eigenvalue weighted by Gasteiger charge is -2.25. The van der Waals surface area contributed by atoms with E-state index in [0.717, 1.165) is 13.1 Å². The average Bonchev–Trinajstić information content (AvgIpc) is 2.98. The molecule has 0 bridgehead atoms. The minimum absolute atomic E-state index is 0.395. The fraction of sp³-hybridized carbons (Fsp3) is 0.250. The van der Waals surface area contributed by atoms with Crippen molar-refractivity contribution in [1.29, 1.82) is 0 Å². The molecular weight excluding hydrogens is 316 g/mol. The number of nitrogens with zero attached hydrogens (tertiary/aromatic N) is 1. The van der Waals surface area contributed by atoms with E-state index in [4.69, 9.17) is 0 Å². The maximum atomic E-state index is 9.29. The summed E-state index contributed by atoms with van der Waals surface area (Å²) < 4.78 is 2.44. The van der Waals surface area contributed by atoms with Crippen molar-refractivity contribution in [3.63, 3.8) is 0 Å². The molecule has 0 fully saturated rings. The van der Waals surface area contributed by atoms with Crippen LogP contribution in [0.4, 0.5) is 0 Å². The van der Waals surface area contributed by atoms with E-state index in [1.165, 1.54) is 16.0 Å². The molecule has 24 heavy (non-hydrogen) atoms. The SMILES string of the molecule is CC1=CCN(Sc2ccccc2)C1c1ccccc1.CCNC=O. The number of benzene rings is 2. The topological polar surface area (TPSA) is 32.3 Å². The molecule has 3 rings (SSSR count). The van der Waals surface area contributed by atoms with E-state index in [9.17, 15) is 4.79 Å². The largest absolute Gasteiger partial charge is 0.359 e. The number of rotatable bonds is 5. The van der Waals surface area contributed by atoms with Crippen LogP contribution in [0.3, 0.4) is 0 Å². The van der Waals surface area contributed by atoms with Gasteiger partial charge in [-0.1, -0.05) is 60.2 Å². The maximum absolute atomic E-state index is 9.29. The number of carbonyl (C=O) groups is 1. The van der Waals surface area contributed by atoms with Gasteiger partial charge >= 0.3 is 0 Å². The molecule has 1 aliphatic heterocycles. The van der Waals surface area contributed by atoms with Crippen molar-refractivity contribution >= 4 is 18.4 Å². The van der Waals surface area contributed by atoms with Crippen LogP contribution in [0.1, 0.15) is 25.5 Å². The van der Waals surface area contributed by atoms with Gasteiger partial charge in [-0.3, -0.25) is 4.79 Å². The van der Waals surface area contributed by atoms with Crippen LogP contribution in [0.25, 0.3) is 0 Å². The van der Waals surface area contributed by atoms with Crippen LogP contribution in [0.15, 0.2) is 77.2 Å². The molecule has 2 aromatic rings. The van der Waals surface area contributed by atoms with Gasteiger partial charge in [0.2, 0.25) is 6.41 Å². The molecule has 1 unspecified atom stereocenters. The lowest BCUT2D eigenvalue weighted by molar-refractivity contribution is -0.109. The quantitative estimate of drug-likeness (QED) is 0.496. The Labute approximate surface area is 148 Å². The molecule has 1 amide bonds. The van der Waals surface area contributed by atoms with E-state index in [2.05, 4.69) is 83.3 Å². The predicted molar refractivity (Wildman–Crippen MR) is 102 cm³/mol. The molecule has 1 N–H and O–H groups in total. The first kappa shape index (κ1) is 18.3. The van der Waals surface area contributed by atoms with Gasteiger partial charge in [0.1, 0.15) is 0 Å². The van der Waals surface area contributed by atoms with Crippen LogP contribution in [-0.4, -0.2) is 23.8 Å². The lowest BCUT2D eigenvalue weighted by Crippen LogP contribution is -2.17. The van der Waals surface area contributed by atoms with Crippen LogP contribution >= 0.6 is 11.9 Å². The van der Waals surface area contributed by atoms with E-state index in [-0.39, 0.29) is 0 Å². The van der Waals surface area contributed by atoms with Gasteiger partial charge in [-0.2, -0.15) is 0 Å². The third kappa shape index (κ3) is 5.25. The molecule has 1 aliphatic rings. The summed E-state index contributed by atoms with van der Waals surface area (Å²) in [5, 5.41) is 2.43. The molecule has 2 aromatic carbocycles. The molecule has 0 spiro atoms. The fourth-order valence-corrected chi connectivity index (χ4v) is 3.62. The Bertz CT molecular complexity index is 643. The highest BCUT2D eigenvalue weighted by Gasteiger charge is 2.26. The lowest BCUT2D eigenvalue weighted by atomic mass is 10.0. The Hall–Kier alpha value is -2.04. The van der Waals surface area contributed by atoms with E-state index >= 15 is 0 Å². The summed E-state index contributed by atoms with van der Waals surface area (Å²) in [6, 6.07) is 21.7. The molecule has 126 valence electrons. The van der Waals surface area contributed by atoms with E-state index in [0.29, 0.717) is 12.5 Å². The highest BCUT2D eigenvalue weighted by atomic mass is 32.2. The normalized spacial score (nSPS) is 16.8. The second kappa shape index (κ2) is 9.96. The van der Waals surface area contributed by atoms with Gasteiger partial charge in [0, 0.05) is 18.0 Å². The highest BCUT2D eigenvalue weighted by Crippen LogP contribution is 2.40. The maximum Gasteiger partial charge on any atom is 0.207 e. The van der Waals surface area contributed by atoms with E-state index < -0.39 is 0 Å². The number of carbonyl (C=O) groups excluding carboxylic acids is 1. The third-order valence-electron chi connectivity index (χ3n) is 3.68. The number of hydrogen-bond acceptors (Lipinski definition) is 3. The van der Waals surface area contributed by atoms with Crippen molar-refractivity contribution < 1.29 is 4.79 Å². The molecule has 4 heteroatoms. The zero-order chi connectivity index (χ0) is 17.2. The van der Waals surface area contributed by atoms with Crippen LogP contribution in [0.5, 0.6) is 0 Å². The Balaban J connectivity index is 0.000000368. The van der Waals surface area contributed by atoms with Gasteiger partial charge in [0.25, 0.3) is 0 Å². The third-order valence-corrected chi connectivity index (χ3v) is 4.76. The van der Waals surface area contributed by atoms with E-state index in [1.807, 2.05) is 18.9 Å². The first-order chi connectivity index (χ1) is 11.8.